The van der Waals surface area contributed by atoms with E-state index < -0.39 is 0 Å². The van der Waals surface area contributed by atoms with Crippen LogP contribution >= 0.6 is 0 Å². The maximum Gasteiger partial charge on any atom is 0.203 e. The zero-order valence-electron chi connectivity index (χ0n) is 20.3. The first-order valence-electron chi connectivity index (χ1n) is 11.5. The molecule has 2 aromatic carbocycles. The summed E-state index contributed by atoms with van der Waals surface area (Å²) in [6.07, 6.45) is 5.76. The van der Waals surface area contributed by atoms with Gasteiger partial charge in [0.15, 0.2) is 23.0 Å². The Hall–Kier alpha value is -2.80. The lowest BCUT2D eigenvalue weighted by atomic mass is 10.0. The third-order valence-electron chi connectivity index (χ3n) is 5.97. The lowest BCUT2D eigenvalue weighted by molar-refractivity contribution is 0.0435. The van der Waals surface area contributed by atoms with Crippen LogP contribution in [0.25, 0.3) is 0 Å². The highest BCUT2D eigenvalue weighted by atomic mass is 16.5. The van der Waals surface area contributed by atoms with Crippen LogP contribution < -0.4 is 23.7 Å². The van der Waals surface area contributed by atoms with Gasteiger partial charge in [0.2, 0.25) is 11.5 Å². The first-order valence-corrected chi connectivity index (χ1v) is 11.5. The first-order chi connectivity index (χ1) is 16.1. The van der Waals surface area contributed by atoms with E-state index in [1.165, 1.54) is 20.0 Å². The summed E-state index contributed by atoms with van der Waals surface area (Å²) in [6, 6.07) is 7.46. The van der Waals surface area contributed by atoms with Crippen LogP contribution in [0.15, 0.2) is 24.3 Å². The Morgan fingerprint density at radius 3 is 1.88 bits per heavy atom. The largest absolute Gasteiger partial charge is 0.504 e. The average Bonchev–Trinajstić information content (AvgIpc) is 3.33. The summed E-state index contributed by atoms with van der Waals surface area (Å²) in [5.41, 5.74) is 1.82. The molecule has 0 saturated carbocycles. The molecule has 0 aromatic heterocycles. The lowest BCUT2D eigenvalue weighted by Crippen LogP contribution is -2.04. The number of phenols is 1. The molecule has 1 saturated heterocycles. The molecule has 33 heavy (non-hydrogen) atoms. The Bertz CT molecular complexity index is 887. The smallest absolute Gasteiger partial charge is 0.203 e. The fourth-order valence-corrected chi connectivity index (χ4v) is 4.23. The van der Waals surface area contributed by atoms with Crippen molar-refractivity contribution in [2.45, 2.75) is 57.7 Å². The van der Waals surface area contributed by atoms with Gasteiger partial charge in [-0.25, -0.2) is 0 Å². The quantitative estimate of drug-likeness (QED) is 0.391. The highest BCUT2D eigenvalue weighted by Crippen LogP contribution is 2.48. The van der Waals surface area contributed by atoms with Crippen LogP contribution in [0.4, 0.5) is 0 Å². The number of hydrogen-bond donors (Lipinski definition) is 1. The highest BCUT2D eigenvalue weighted by molar-refractivity contribution is 5.55. The van der Waals surface area contributed by atoms with Gasteiger partial charge < -0.3 is 33.5 Å². The van der Waals surface area contributed by atoms with Gasteiger partial charge in [-0.1, -0.05) is 26.2 Å². The Morgan fingerprint density at radius 2 is 1.33 bits per heavy atom. The summed E-state index contributed by atoms with van der Waals surface area (Å²) in [4.78, 5) is 0. The molecule has 1 aliphatic rings. The summed E-state index contributed by atoms with van der Waals surface area (Å²) in [7, 11) is 6.32. The number of aromatic hydroxyl groups is 1. The second kappa shape index (κ2) is 11.9. The predicted octanol–water partition coefficient (Wildman–Crippen LogP) is 5.98. The molecular formula is C26H36O7. The molecule has 0 amide bonds. The van der Waals surface area contributed by atoms with Crippen molar-refractivity contribution in [1.29, 1.82) is 0 Å². The molecule has 0 aliphatic carbocycles. The molecule has 3 rings (SSSR count). The Balaban J connectivity index is 1.78. The van der Waals surface area contributed by atoms with E-state index in [0.29, 0.717) is 35.4 Å². The number of ether oxygens (including phenoxy) is 6. The molecule has 0 spiro atoms. The maximum absolute atomic E-state index is 10.5. The number of methoxy groups -OCH3 is 4. The van der Waals surface area contributed by atoms with Crippen molar-refractivity contribution < 1.29 is 33.5 Å². The molecule has 1 aliphatic heterocycles. The monoisotopic (exact) mass is 460 g/mol. The van der Waals surface area contributed by atoms with E-state index >= 15 is 0 Å². The van der Waals surface area contributed by atoms with Gasteiger partial charge in [0.25, 0.3) is 0 Å². The number of unbranched alkanes of at least 4 members (excludes halogenated alkanes) is 3. The Labute approximate surface area is 196 Å². The van der Waals surface area contributed by atoms with Gasteiger partial charge in [-0.05, 0) is 54.7 Å². The van der Waals surface area contributed by atoms with Crippen LogP contribution in [0.2, 0.25) is 0 Å². The molecule has 1 fully saturated rings. The van der Waals surface area contributed by atoms with Gasteiger partial charge in [-0.3, -0.25) is 0 Å². The van der Waals surface area contributed by atoms with E-state index in [2.05, 4.69) is 6.92 Å². The van der Waals surface area contributed by atoms with E-state index in [4.69, 9.17) is 28.4 Å². The SMILES string of the molecule is CCCCCCOc1cc([C@@H]2CC[C@@H](c3cc(OC)c(OC)c(OC)c3)O2)cc(O)c1OC. The molecule has 1 N–H and O–H groups in total. The van der Waals surface area contributed by atoms with Gasteiger partial charge in [-0.15, -0.1) is 0 Å². The minimum Gasteiger partial charge on any atom is -0.504 e. The summed E-state index contributed by atoms with van der Waals surface area (Å²) in [5.74, 6) is 2.70. The molecule has 0 unspecified atom stereocenters. The number of hydrogen-bond acceptors (Lipinski definition) is 7. The fourth-order valence-electron chi connectivity index (χ4n) is 4.23. The summed E-state index contributed by atoms with van der Waals surface area (Å²) in [5, 5.41) is 10.5. The number of benzene rings is 2. The van der Waals surface area contributed by atoms with Crippen molar-refractivity contribution in [2.24, 2.45) is 0 Å². The first kappa shape index (κ1) is 24.8. The van der Waals surface area contributed by atoms with Crippen molar-refractivity contribution in [1.82, 2.24) is 0 Å². The normalized spacial score (nSPS) is 17.6. The van der Waals surface area contributed by atoms with Crippen LogP contribution in [0.3, 0.4) is 0 Å². The van der Waals surface area contributed by atoms with Crippen molar-refractivity contribution in [2.75, 3.05) is 35.0 Å². The van der Waals surface area contributed by atoms with Crippen LogP contribution in [0, 0.1) is 0 Å². The average molecular weight is 461 g/mol. The third-order valence-corrected chi connectivity index (χ3v) is 5.97. The molecule has 2 aromatic rings. The zero-order valence-corrected chi connectivity index (χ0v) is 20.3. The van der Waals surface area contributed by atoms with E-state index in [0.717, 1.165) is 36.8 Å². The zero-order chi connectivity index (χ0) is 23.8. The maximum atomic E-state index is 10.5. The molecular weight excluding hydrogens is 424 g/mol. The molecule has 182 valence electrons. The molecule has 2 atom stereocenters. The van der Waals surface area contributed by atoms with Gasteiger partial charge in [0.05, 0.1) is 47.3 Å². The van der Waals surface area contributed by atoms with Gasteiger partial charge in [0, 0.05) is 0 Å². The van der Waals surface area contributed by atoms with Crippen LogP contribution in [0.1, 0.15) is 68.8 Å². The molecule has 7 heteroatoms. The molecule has 1 heterocycles. The third kappa shape index (κ3) is 5.77. The van der Waals surface area contributed by atoms with Crippen molar-refractivity contribution in [3.63, 3.8) is 0 Å². The van der Waals surface area contributed by atoms with Crippen molar-refractivity contribution in [3.8, 4) is 34.5 Å². The highest BCUT2D eigenvalue weighted by Gasteiger charge is 2.31. The van der Waals surface area contributed by atoms with E-state index in [-0.39, 0.29) is 18.0 Å². The second-order valence-corrected chi connectivity index (χ2v) is 8.13. The number of phenolic OH excluding ortho intramolecular Hbond substituents is 1. The van der Waals surface area contributed by atoms with Crippen molar-refractivity contribution in [3.05, 3.63) is 35.4 Å². The molecule has 7 nitrogen and oxygen atoms in total. The predicted molar refractivity (Wildman–Crippen MR) is 126 cm³/mol. The summed E-state index contributed by atoms with van der Waals surface area (Å²) in [6.45, 7) is 2.76. The van der Waals surface area contributed by atoms with E-state index in [9.17, 15) is 5.11 Å². The Kier molecular flexibility index (Phi) is 8.95. The lowest BCUT2D eigenvalue weighted by Gasteiger charge is -2.19. The Morgan fingerprint density at radius 1 is 0.758 bits per heavy atom. The molecule has 0 radical (unpaired) electrons. The second-order valence-electron chi connectivity index (χ2n) is 8.13. The van der Waals surface area contributed by atoms with Gasteiger partial charge in [0.1, 0.15) is 0 Å². The minimum absolute atomic E-state index is 0.0541. The fraction of sp³-hybridized carbons (Fsp3) is 0.538. The standard InChI is InChI=1S/C26H36O7/c1-6-7-8-9-12-32-24-16-17(13-19(27)25(24)30-4)20-10-11-21(33-20)18-14-22(28-2)26(31-5)23(15-18)29-3/h13-16,20-21,27H,6-12H2,1-5H3/t20-,21-/m0/s1. The van der Waals surface area contributed by atoms with Crippen LogP contribution in [-0.2, 0) is 4.74 Å². The van der Waals surface area contributed by atoms with Crippen LogP contribution in [-0.4, -0.2) is 40.2 Å². The molecule has 0 bridgehead atoms. The van der Waals surface area contributed by atoms with E-state index in [1.807, 2.05) is 18.2 Å². The van der Waals surface area contributed by atoms with Crippen LogP contribution in [0.5, 0.6) is 34.5 Å². The van der Waals surface area contributed by atoms with Gasteiger partial charge in [-0.2, -0.15) is 0 Å². The van der Waals surface area contributed by atoms with E-state index in [1.54, 1.807) is 27.4 Å². The topological polar surface area (TPSA) is 75.6 Å². The summed E-state index contributed by atoms with van der Waals surface area (Å²) >= 11 is 0. The van der Waals surface area contributed by atoms with Gasteiger partial charge >= 0.3 is 0 Å². The number of rotatable bonds is 12. The minimum atomic E-state index is -0.173. The summed E-state index contributed by atoms with van der Waals surface area (Å²) < 4.78 is 34.1. The van der Waals surface area contributed by atoms with Crippen molar-refractivity contribution >= 4 is 0 Å².